The van der Waals surface area contributed by atoms with Gasteiger partial charge in [-0.25, -0.2) is 0 Å². The number of hydrogen-bond acceptors (Lipinski definition) is 2. The smallest absolute Gasteiger partial charge is 0.303 e. The molecule has 0 aliphatic heterocycles. The number of hydrogen-bond donors (Lipinski definition) is 1. The van der Waals surface area contributed by atoms with E-state index in [4.69, 9.17) is 9.84 Å². The van der Waals surface area contributed by atoms with Crippen molar-refractivity contribution in [2.75, 3.05) is 7.11 Å². The SMILES string of the molecule is COc1ccc(C)cc1C(CC(=O)O)C1CC1. The molecule has 1 N–H and O–H groups in total. The molecule has 0 aromatic heterocycles. The fraction of sp³-hybridized carbons (Fsp3) is 0.500. The highest BCUT2D eigenvalue weighted by Gasteiger charge is 2.35. The summed E-state index contributed by atoms with van der Waals surface area (Å²) in [7, 11) is 1.64. The Morgan fingerprint density at radius 1 is 1.53 bits per heavy atom. The van der Waals surface area contributed by atoms with Gasteiger partial charge in [0.05, 0.1) is 13.5 Å². The fourth-order valence-corrected chi connectivity index (χ4v) is 2.36. The van der Waals surface area contributed by atoms with E-state index < -0.39 is 5.97 Å². The van der Waals surface area contributed by atoms with Gasteiger partial charge < -0.3 is 9.84 Å². The third-order valence-electron chi connectivity index (χ3n) is 3.37. The summed E-state index contributed by atoms with van der Waals surface area (Å²) in [5.74, 6) is 0.698. The van der Waals surface area contributed by atoms with Gasteiger partial charge in [-0.1, -0.05) is 17.7 Å². The molecule has 1 fully saturated rings. The van der Waals surface area contributed by atoms with Gasteiger partial charge in [0.1, 0.15) is 5.75 Å². The van der Waals surface area contributed by atoms with Crippen molar-refractivity contribution in [3.05, 3.63) is 29.3 Å². The van der Waals surface area contributed by atoms with Crippen LogP contribution >= 0.6 is 0 Å². The zero-order chi connectivity index (χ0) is 12.4. The minimum absolute atomic E-state index is 0.0994. The fourth-order valence-electron chi connectivity index (χ4n) is 2.36. The zero-order valence-corrected chi connectivity index (χ0v) is 10.3. The number of aliphatic carboxylic acids is 1. The van der Waals surface area contributed by atoms with Gasteiger partial charge in [0.25, 0.3) is 0 Å². The number of carboxylic acid groups (broad SMARTS) is 1. The quantitative estimate of drug-likeness (QED) is 0.852. The molecule has 3 nitrogen and oxygen atoms in total. The summed E-state index contributed by atoms with van der Waals surface area (Å²) >= 11 is 0. The average molecular weight is 234 g/mol. The minimum atomic E-state index is -0.731. The van der Waals surface area contributed by atoms with Gasteiger partial charge in [-0.05, 0) is 37.3 Å². The second kappa shape index (κ2) is 4.78. The third-order valence-corrected chi connectivity index (χ3v) is 3.37. The molecule has 1 aliphatic carbocycles. The van der Waals surface area contributed by atoms with Crippen molar-refractivity contribution >= 4 is 5.97 Å². The maximum absolute atomic E-state index is 11.0. The Morgan fingerprint density at radius 2 is 2.24 bits per heavy atom. The van der Waals surface area contributed by atoms with Crippen LogP contribution in [0, 0.1) is 12.8 Å². The highest BCUT2D eigenvalue weighted by Crippen LogP contribution is 2.47. The van der Waals surface area contributed by atoms with Gasteiger partial charge in [-0.3, -0.25) is 4.79 Å². The summed E-state index contributed by atoms with van der Waals surface area (Å²) < 4.78 is 5.35. The number of carbonyl (C=O) groups is 1. The molecule has 0 heterocycles. The number of carboxylic acids is 1. The molecule has 0 spiro atoms. The maximum atomic E-state index is 11.0. The van der Waals surface area contributed by atoms with Crippen LogP contribution < -0.4 is 4.74 Å². The van der Waals surface area contributed by atoms with Crippen LogP contribution in [0.25, 0.3) is 0 Å². The first-order valence-electron chi connectivity index (χ1n) is 5.98. The number of methoxy groups -OCH3 is 1. The lowest BCUT2D eigenvalue weighted by molar-refractivity contribution is -0.137. The van der Waals surface area contributed by atoms with Crippen LogP contribution in [0.5, 0.6) is 5.75 Å². The Hall–Kier alpha value is -1.51. The Morgan fingerprint density at radius 3 is 2.76 bits per heavy atom. The van der Waals surface area contributed by atoms with Crippen molar-refractivity contribution in [1.82, 2.24) is 0 Å². The van der Waals surface area contributed by atoms with Crippen molar-refractivity contribution < 1.29 is 14.6 Å². The lowest BCUT2D eigenvalue weighted by atomic mass is 9.89. The Kier molecular flexibility index (Phi) is 3.36. The molecule has 1 saturated carbocycles. The Bertz CT molecular complexity index is 421. The maximum Gasteiger partial charge on any atom is 0.303 e. The average Bonchev–Trinajstić information content (AvgIpc) is 3.09. The normalized spacial score (nSPS) is 16.6. The van der Waals surface area contributed by atoms with E-state index in [1.807, 2.05) is 19.1 Å². The molecule has 1 atom stereocenters. The van der Waals surface area contributed by atoms with Crippen molar-refractivity contribution in [3.8, 4) is 5.75 Å². The van der Waals surface area contributed by atoms with E-state index in [1.54, 1.807) is 7.11 Å². The topological polar surface area (TPSA) is 46.5 Å². The molecular formula is C14H18O3. The summed E-state index contributed by atoms with van der Waals surface area (Å²) in [6, 6.07) is 5.99. The van der Waals surface area contributed by atoms with Gasteiger partial charge in [0, 0.05) is 5.92 Å². The highest BCUT2D eigenvalue weighted by molar-refractivity contribution is 5.68. The largest absolute Gasteiger partial charge is 0.496 e. The zero-order valence-electron chi connectivity index (χ0n) is 10.3. The first-order valence-corrected chi connectivity index (χ1v) is 5.98. The van der Waals surface area contributed by atoms with E-state index in [2.05, 4.69) is 6.07 Å². The summed E-state index contributed by atoms with van der Waals surface area (Å²) in [5.41, 5.74) is 2.20. The predicted molar refractivity (Wildman–Crippen MR) is 65.4 cm³/mol. The van der Waals surface area contributed by atoms with Crippen LogP contribution in [0.4, 0.5) is 0 Å². The second-order valence-corrected chi connectivity index (χ2v) is 4.79. The van der Waals surface area contributed by atoms with Crippen molar-refractivity contribution in [2.24, 2.45) is 5.92 Å². The molecule has 0 amide bonds. The van der Waals surface area contributed by atoms with Crippen LogP contribution in [0.2, 0.25) is 0 Å². The summed E-state index contributed by atoms with van der Waals surface area (Å²) in [4.78, 5) is 11.0. The number of aryl methyl sites for hydroxylation is 1. The van der Waals surface area contributed by atoms with E-state index in [9.17, 15) is 4.79 Å². The second-order valence-electron chi connectivity index (χ2n) is 4.79. The van der Waals surface area contributed by atoms with Gasteiger partial charge in [0.15, 0.2) is 0 Å². The molecule has 3 heteroatoms. The predicted octanol–water partition coefficient (Wildman–Crippen LogP) is 2.97. The van der Waals surface area contributed by atoms with Gasteiger partial charge in [0.2, 0.25) is 0 Å². The molecule has 0 saturated heterocycles. The molecule has 17 heavy (non-hydrogen) atoms. The van der Waals surface area contributed by atoms with Gasteiger partial charge >= 0.3 is 5.97 Å². The van der Waals surface area contributed by atoms with E-state index in [-0.39, 0.29) is 12.3 Å². The lowest BCUT2D eigenvalue weighted by Gasteiger charge is -2.18. The molecule has 1 aromatic rings. The summed E-state index contributed by atoms with van der Waals surface area (Å²) in [5, 5.41) is 9.01. The summed E-state index contributed by atoms with van der Waals surface area (Å²) in [6.07, 6.45) is 2.47. The van der Waals surface area contributed by atoms with E-state index in [0.717, 1.165) is 29.7 Å². The highest BCUT2D eigenvalue weighted by atomic mass is 16.5. The summed E-state index contributed by atoms with van der Waals surface area (Å²) in [6.45, 7) is 2.02. The third kappa shape index (κ3) is 2.78. The monoisotopic (exact) mass is 234 g/mol. The molecule has 0 bridgehead atoms. The first-order chi connectivity index (χ1) is 8.11. The van der Waals surface area contributed by atoms with E-state index >= 15 is 0 Å². The Labute approximate surface area is 101 Å². The molecule has 1 unspecified atom stereocenters. The van der Waals surface area contributed by atoms with Gasteiger partial charge in [-0.2, -0.15) is 0 Å². The van der Waals surface area contributed by atoms with Crippen LogP contribution in [-0.2, 0) is 4.79 Å². The van der Waals surface area contributed by atoms with Crippen LogP contribution in [-0.4, -0.2) is 18.2 Å². The van der Waals surface area contributed by atoms with Crippen LogP contribution in [0.15, 0.2) is 18.2 Å². The Balaban J connectivity index is 2.33. The number of benzene rings is 1. The molecule has 2 rings (SSSR count). The van der Waals surface area contributed by atoms with Crippen LogP contribution in [0.1, 0.15) is 36.3 Å². The van der Waals surface area contributed by atoms with Gasteiger partial charge in [-0.15, -0.1) is 0 Å². The molecule has 0 radical (unpaired) electrons. The van der Waals surface area contributed by atoms with E-state index in [1.165, 1.54) is 0 Å². The van der Waals surface area contributed by atoms with Crippen molar-refractivity contribution in [3.63, 3.8) is 0 Å². The van der Waals surface area contributed by atoms with E-state index in [0.29, 0.717) is 5.92 Å². The first kappa shape index (κ1) is 12.0. The molecule has 1 aliphatic rings. The number of ether oxygens (including phenoxy) is 1. The molecule has 1 aromatic carbocycles. The lowest BCUT2D eigenvalue weighted by Crippen LogP contribution is -2.10. The molecular weight excluding hydrogens is 216 g/mol. The standard InChI is InChI=1S/C14H18O3/c1-9-3-6-13(17-2)12(7-9)11(8-14(15)16)10-4-5-10/h3,6-7,10-11H,4-5,8H2,1-2H3,(H,15,16). The van der Waals surface area contributed by atoms with Crippen molar-refractivity contribution in [1.29, 1.82) is 0 Å². The van der Waals surface area contributed by atoms with Crippen LogP contribution in [0.3, 0.4) is 0 Å². The minimum Gasteiger partial charge on any atom is -0.496 e. The number of rotatable bonds is 5. The molecule has 92 valence electrons. The van der Waals surface area contributed by atoms with Crippen molar-refractivity contribution in [2.45, 2.75) is 32.1 Å².